The summed E-state index contributed by atoms with van der Waals surface area (Å²) >= 11 is 0. The molecule has 1 heterocycles. The molecule has 0 unspecified atom stereocenters. The van der Waals surface area contributed by atoms with Gasteiger partial charge in [-0.25, -0.2) is 0 Å². The summed E-state index contributed by atoms with van der Waals surface area (Å²) in [5.41, 5.74) is 0. The maximum Gasteiger partial charge on any atom is 0.137 e. The summed E-state index contributed by atoms with van der Waals surface area (Å²) in [6, 6.07) is 0.236. The Hall–Kier alpha value is -0.370. The van der Waals surface area contributed by atoms with Crippen molar-refractivity contribution in [3.8, 4) is 0 Å². The highest BCUT2D eigenvalue weighted by Crippen LogP contribution is 2.10. The first kappa shape index (κ1) is 4.78. The molecule has 1 aliphatic heterocycles. The Labute approximate surface area is 43.1 Å². The molecule has 0 aromatic heterocycles. The van der Waals surface area contributed by atoms with Crippen molar-refractivity contribution >= 4 is 6.29 Å². The Morgan fingerprint density at radius 1 is 1.86 bits per heavy atom. The zero-order valence-corrected chi connectivity index (χ0v) is 4.42. The summed E-state index contributed by atoms with van der Waals surface area (Å²) < 4.78 is 0. The summed E-state index contributed by atoms with van der Waals surface area (Å²) in [6.45, 7) is 1.09. The van der Waals surface area contributed by atoms with E-state index in [0.717, 1.165) is 19.3 Å². The van der Waals surface area contributed by atoms with Crippen LogP contribution in [0.3, 0.4) is 0 Å². The van der Waals surface area contributed by atoms with Crippen molar-refractivity contribution in [3.05, 3.63) is 0 Å². The van der Waals surface area contributed by atoms with Crippen LogP contribution >= 0.6 is 0 Å². The molecular formula is C5H9NO. The van der Waals surface area contributed by atoms with E-state index in [9.17, 15) is 4.79 Å². The molecule has 1 fully saturated rings. The standard InChI is InChI=1S/C5H9NO/c1-6-3-2-5(6)4-7/h4-5H,2-3H2,1H3/t5-/m1/s1. The van der Waals surface area contributed by atoms with E-state index >= 15 is 0 Å². The number of likely N-dealkylation sites (N-methyl/N-ethyl adjacent to an activating group) is 1. The third kappa shape index (κ3) is 0.657. The fourth-order valence-electron chi connectivity index (χ4n) is 0.708. The van der Waals surface area contributed by atoms with Gasteiger partial charge in [0.1, 0.15) is 6.29 Å². The van der Waals surface area contributed by atoms with Crippen LogP contribution in [0.5, 0.6) is 0 Å². The van der Waals surface area contributed by atoms with Crippen molar-refractivity contribution < 1.29 is 4.79 Å². The lowest BCUT2D eigenvalue weighted by Crippen LogP contribution is -2.45. The zero-order chi connectivity index (χ0) is 5.28. The Morgan fingerprint density at radius 2 is 2.57 bits per heavy atom. The van der Waals surface area contributed by atoms with E-state index in [2.05, 4.69) is 0 Å². The fraction of sp³-hybridized carbons (Fsp3) is 0.800. The second-order valence-electron chi connectivity index (χ2n) is 1.97. The van der Waals surface area contributed by atoms with Gasteiger partial charge in [-0.05, 0) is 13.5 Å². The Balaban J connectivity index is 2.28. The van der Waals surface area contributed by atoms with E-state index in [4.69, 9.17) is 0 Å². The normalized spacial score (nSPS) is 31.9. The van der Waals surface area contributed by atoms with Crippen LogP contribution in [-0.4, -0.2) is 30.8 Å². The number of aldehydes is 1. The van der Waals surface area contributed by atoms with E-state index in [1.54, 1.807) is 0 Å². The molecular weight excluding hydrogens is 90.1 g/mol. The average Bonchev–Trinajstić information content (AvgIpc) is 1.65. The molecule has 40 valence electrons. The predicted octanol–water partition coefficient (Wildman–Crippen LogP) is -0.111. The van der Waals surface area contributed by atoms with Crippen LogP contribution in [0.15, 0.2) is 0 Å². The van der Waals surface area contributed by atoms with Crippen molar-refractivity contribution in [3.63, 3.8) is 0 Å². The summed E-state index contributed by atoms with van der Waals surface area (Å²) in [5.74, 6) is 0. The summed E-state index contributed by atoms with van der Waals surface area (Å²) in [7, 11) is 1.96. The van der Waals surface area contributed by atoms with Crippen molar-refractivity contribution in [1.29, 1.82) is 0 Å². The maximum absolute atomic E-state index is 9.96. The van der Waals surface area contributed by atoms with Crippen LogP contribution in [0.4, 0.5) is 0 Å². The highest BCUT2D eigenvalue weighted by atomic mass is 16.1. The largest absolute Gasteiger partial charge is 0.302 e. The SMILES string of the molecule is CN1CC[C@@H]1C=O. The van der Waals surface area contributed by atoms with E-state index in [1.807, 2.05) is 11.9 Å². The number of likely N-dealkylation sites (tertiary alicyclic amines) is 1. The van der Waals surface area contributed by atoms with Crippen molar-refractivity contribution in [2.75, 3.05) is 13.6 Å². The number of hydrogen-bond acceptors (Lipinski definition) is 2. The van der Waals surface area contributed by atoms with Gasteiger partial charge in [0.15, 0.2) is 0 Å². The van der Waals surface area contributed by atoms with Gasteiger partial charge in [-0.15, -0.1) is 0 Å². The maximum atomic E-state index is 9.96. The van der Waals surface area contributed by atoms with Crippen molar-refractivity contribution in [1.82, 2.24) is 4.90 Å². The van der Waals surface area contributed by atoms with E-state index in [1.165, 1.54) is 0 Å². The van der Waals surface area contributed by atoms with Crippen LogP contribution in [0.25, 0.3) is 0 Å². The minimum absolute atomic E-state index is 0.236. The lowest BCUT2D eigenvalue weighted by Gasteiger charge is -2.33. The topological polar surface area (TPSA) is 20.3 Å². The molecule has 0 saturated carbocycles. The van der Waals surface area contributed by atoms with Gasteiger partial charge in [-0.2, -0.15) is 0 Å². The third-order valence-electron chi connectivity index (χ3n) is 1.50. The Morgan fingerprint density at radius 3 is 2.57 bits per heavy atom. The first-order valence-corrected chi connectivity index (χ1v) is 2.50. The van der Waals surface area contributed by atoms with Crippen LogP contribution in [-0.2, 0) is 4.79 Å². The molecule has 0 radical (unpaired) electrons. The summed E-state index contributed by atoms with van der Waals surface area (Å²) in [6.07, 6.45) is 2.06. The minimum Gasteiger partial charge on any atom is -0.302 e. The molecule has 0 N–H and O–H groups in total. The number of rotatable bonds is 1. The number of carbonyl (C=O) groups is 1. The smallest absolute Gasteiger partial charge is 0.137 e. The van der Waals surface area contributed by atoms with E-state index < -0.39 is 0 Å². The highest BCUT2D eigenvalue weighted by Gasteiger charge is 2.22. The molecule has 2 heteroatoms. The van der Waals surface area contributed by atoms with Gasteiger partial charge in [0.2, 0.25) is 0 Å². The molecule has 0 aliphatic carbocycles. The quantitative estimate of drug-likeness (QED) is 0.427. The molecule has 1 atom stereocenters. The second-order valence-corrected chi connectivity index (χ2v) is 1.97. The molecule has 1 saturated heterocycles. The van der Waals surface area contributed by atoms with Gasteiger partial charge in [0.25, 0.3) is 0 Å². The van der Waals surface area contributed by atoms with Gasteiger partial charge in [-0.3, -0.25) is 4.90 Å². The lowest BCUT2D eigenvalue weighted by molar-refractivity contribution is -0.115. The van der Waals surface area contributed by atoms with Gasteiger partial charge in [-0.1, -0.05) is 0 Å². The average molecular weight is 99.1 g/mol. The molecule has 2 nitrogen and oxygen atoms in total. The minimum atomic E-state index is 0.236. The monoisotopic (exact) mass is 99.1 g/mol. The van der Waals surface area contributed by atoms with Crippen LogP contribution in [0.2, 0.25) is 0 Å². The molecule has 0 spiro atoms. The van der Waals surface area contributed by atoms with Crippen LogP contribution in [0, 0.1) is 0 Å². The van der Waals surface area contributed by atoms with Gasteiger partial charge >= 0.3 is 0 Å². The summed E-state index contributed by atoms with van der Waals surface area (Å²) in [5, 5.41) is 0. The molecule has 0 aromatic rings. The molecule has 1 aliphatic rings. The number of carbonyl (C=O) groups excluding carboxylic acids is 1. The lowest BCUT2D eigenvalue weighted by atomic mass is 10.1. The molecule has 0 amide bonds. The third-order valence-corrected chi connectivity index (χ3v) is 1.50. The zero-order valence-electron chi connectivity index (χ0n) is 4.42. The molecule has 0 bridgehead atoms. The molecule has 7 heavy (non-hydrogen) atoms. The second kappa shape index (κ2) is 1.62. The van der Waals surface area contributed by atoms with Crippen molar-refractivity contribution in [2.45, 2.75) is 12.5 Å². The highest BCUT2D eigenvalue weighted by molar-refractivity contribution is 5.58. The Bertz CT molecular complexity index is 82.1. The number of nitrogens with zero attached hydrogens (tertiary/aromatic N) is 1. The summed E-state index contributed by atoms with van der Waals surface area (Å²) in [4.78, 5) is 12.0. The van der Waals surface area contributed by atoms with Gasteiger partial charge in [0, 0.05) is 6.54 Å². The van der Waals surface area contributed by atoms with E-state index in [0.29, 0.717) is 0 Å². The Kier molecular flexibility index (Phi) is 1.11. The molecule has 1 rings (SSSR count). The fourth-order valence-corrected chi connectivity index (χ4v) is 0.708. The van der Waals surface area contributed by atoms with Crippen LogP contribution in [0.1, 0.15) is 6.42 Å². The molecule has 0 aromatic carbocycles. The van der Waals surface area contributed by atoms with Gasteiger partial charge in [0.05, 0.1) is 6.04 Å². The number of hydrogen-bond donors (Lipinski definition) is 0. The van der Waals surface area contributed by atoms with E-state index in [-0.39, 0.29) is 6.04 Å². The van der Waals surface area contributed by atoms with Crippen molar-refractivity contribution in [2.24, 2.45) is 0 Å². The first-order chi connectivity index (χ1) is 3.34. The van der Waals surface area contributed by atoms with Crippen LogP contribution < -0.4 is 0 Å². The predicted molar refractivity (Wildman–Crippen MR) is 27.1 cm³/mol. The first-order valence-electron chi connectivity index (χ1n) is 2.50. The van der Waals surface area contributed by atoms with Gasteiger partial charge < -0.3 is 4.79 Å².